The van der Waals surface area contributed by atoms with Gasteiger partial charge in [-0.25, -0.2) is 13.2 Å². The lowest BCUT2D eigenvalue weighted by Crippen LogP contribution is -2.43. The van der Waals surface area contributed by atoms with Crippen molar-refractivity contribution < 1.29 is 22.7 Å². The molecule has 8 heteroatoms. The Morgan fingerprint density at radius 2 is 1.70 bits per heavy atom. The standard InChI is InChI=1S/C19H21NO5S2/c1-14(21)15-8-10-16(11-9-15)25-19(22)18(12-13-26-2)20-27(23,24)17-6-4-3-5-7-17/h3-11,18,20H,12-13H2,1-2H3/t18-/m0/s1. The maximum atomic E-state index is 12.5. The van der Waals surface area contributed by atoms with Crippen LogP contribution in [0.5, 0.6) is 5.75 Å². The lowest BCUT2D eigenvalue weighted by atomic mass is 10.1. The van der Waals surface area contributed by atoms with Gasteiger partial charge in [-0.3, -0.25) is 4.79 Å². The van der Waals surface area contributed by atoms with Crippen LogP contribution in [0.15, 0.2) is 59.5 Å². The molecule has 0 aliphatic heterocycles. The predicted molar refractivity (Wildman–Crippen MR) is 106 cm³/mol. The zero-order valence-corrected chi connectivity index (χ0v) is 16.7. The van der Waals surface area contributed by atoms with E-state index < -0.39 is 22.0 Å². The first-order valence-corrected chi connectivity index (χ1v) is 11.1. The Morgan fingerprint density at radius 1 is 1.07 bits per heavy atom. The molecule has 0 aliphatic rings. The lowest BCUT2D eigenvalue weighted by Gasteiger charge is -2.17. The molecule has 2 aromatic rings. The van der Waals surface area contributed by atoms with Gasteiger partial charge in [0.15, 0.2) is 5.78 Å². The Balaban J connectivity index is 2.14. The number of thioether (sulfide) groups is 1. The Morgan fingerprint density at radius 3 is 2.26 bits per heavy atom. The molecule has 6 nitrogen and oxygen atoms in total. The summed E-state index contributed by atoms with van der Waals surface area (Å²) in [5, 5.41) is 0. The van der Waals surface area contributed by atoms with Crippen molar-refractivity contribution in [3.8, 4) is 5.75 Å². The predicted octanol–water partition coefficient (Wildman–Crippen LogP) is 2.89. The first kappa shape index (κ1) is 21.1. The highest BCUT2D eigenvalue weighted by atomic mass is 32.2. The molecule has 144 valence electrons. The highest BCUT2D eigenvalue weighted by molar-refractivity contribution is 7.98. The van der Waals surface area contributed by atoms with E-state index in [1.807, 2.05) is 6.26 Å². The van der Waals surface area contributed by atoms with Gasteiger partial charge in [0.2, 0.25) is 10.0 Å². The number of ether oxygens (including phenoxy) is 1. The van der Waals surface area contributed by atoms with E-state index in [0.29, 0.717) is 11.3 Å². The van der Waals surface area contributed by atoms with Gasteiger partial charge < -0.3 is 4.74 Å². The number of ketones is 1. The Kier molecular flexibility index (Phi) is 7.58. The number of benzene rings is 2. The maximum Gasteiger partial charge on any atom is 0.329 e. The fourth-order valence-corrected chi connectivity index (χ4v) is 3.97. The number of carbonyl (C=O) groups is 2. The third kappa shape index (κ3) is 6.20. The number of Topliss-reactive ketones (excluding diaryl/α,β-unsaturated/α-hetero) is 1. The van der Waals surface area contributed by atoms with Crippen LogP contribution in [0.1, 0.15) is 23.7 Å². The number of esters is 1. The molecule has 2 aromatic carbocycles. The number of rotatable bonds is 9. The minimum absolute atomic E-state index is 0.0813. The molecule has 0 amide bonds. The number of carbonyl (C=O) groups excluding carboxylic acids is 2. The summed E-state index contributed by atoms with van der Waals surface area (Å²) < 4.78 is 32.8. The molecule has 2 rings (SSSR count). The SMILES string of the molecule is CSCC[C@H](NS(=O)(=O)c1ccccc1)C(=O)Oc1ccc(C(C)=O)cc1. The average Bonchev–Trinajstić information content (AvgIpc) is 2.66. The third-order valence-corrected chi connectivity index (χ3v) is 5.86. The van der Waals surface area contributed by atoms with Crippen LogP contribution in [0.25, 0.3) is 0 Å². The smallest absolute Gasteiger partial charge is 0.329 e. The summed E-state index contributed by atoms with van der Waals surface area (Å²) in [4.78, 5) is 23.9. The fourth-order valence-electron chi connectivity index (χ4n) is 2.26. The van der Waals surface area contributed by atoms with Crippen LogP contribution in [0.3, 0.4) is 0 Å². The number of sulfonamides is 1. The van der Waals surface area contributed by atoms with Crippen molar-refractivity contribution >= 4 is 33.5 Å². The second-order valence-corrected chi connectivity index (χ2v) is 8.47. The molecule has 0 fully saturated rings. The molecular formula is C19H21NO5S2. The first-order valence-electron chi connectivity index (χ1n) is 8.22. The molecule has 0 aliphatic carbocycles. The monoisotopic (exact) mass is 407 g/mol. The fraction of sp³-hybridized carbons (Fsp3) is 0.263. The van der Waals surface area contributed by atoms with Crippen molar-refractivity contribution in [2.24, 2.45) is 0 Å². The zero-order chi connectivity index (χ0) is 19.9. The van der Waals surface area contributed by atoms with Crippen LogP contribution in [0.2, 0.25) is 0 Å². The molecule has 0 saturated heterocycles. The first-order chi connectivity index (χ1) is 12.8. The molecule has 0 heterocycles. The van der Waals surface area contributed by atoms with Gasteiger partial charge in [-0.2, -0.15) is 16.5 Å². The van der Waals surface area contributed by atoms with Gasteiger partial charge in [0.05, 0.1) is 4.90 Å². The van der Waals surface area contributed by atoms with E-state index in [1.54, 1.807) is 30.3 Å². The van der Waals surface area contributed by atoms with Crippen molar-refractivity contribution in [2.75, 3.05) is 12.0 Å². The van der Waals surface area contributed by atoms with Gasteiger partial charge in [0, 0.05) is 5.56 Å². The van der Waals surface area contributed by atoms with Gasteiger partial charge >= 0.3 is 5.97 Å². The molecule has 0 radical (unpaired) electrons. The second kappa shape index (κ2) is 9.68. The van der Waals surface area contributed by atoms with Crippen molar-refractivity contribution in [1.29, 1.82) is 0 Å². The van der Waals surface area contributed by atoms with Crippen molar-refractivity contribution in [2.45, 2.75) is 24.3 Å². The van der Waals surface area contributed by atoms with E-state index in [2.05, 4.69) is 4.72 Å². The van der Waals surface area contributed by atoms with Crippen LogP contribution in [0, 0.1) is 0 Å². The minimum atomic E-state index is -3.85. The Labute approximate surface area is 163 Å². The van der Waals surface area contributed by atoms with Crippen LogP contribution in [-0.4, -0.2) is 38.2 Å². The number of hydrogen-bond acceptors (Lipinski definition) is 6. The van der Waals surface area contributed by atoms with Crippen LogP contribution in [-0.2, 0) is 14.8 Å². The summed E-state index contributed by atoms with van der Waals surface area (Å²) in [7, 11) is -3.85. The molecule has 0 saturated carbocycles. The minimum Gasteiger partial charge on any atom is -0.425 e. The van der Waals surface area contributed by atoms with Crippen molar-refractivity contribution in [1.82, 2.24) is 4.72 Å². The highest BCUT2D eigenvalue weighted by Gasteiger charge is 2.27. The number of nitrogens with one attached hydrogen (secondary N) is 1. The van der Waals surface area contributed by atoms with Gasteiger partial charge in [-0.15, -0.1) is 0 Å². The van der Waals surface area contributed by atoms with Gasteiger partial charge in [0.1, 0.15) is 11.8 Å². The molecule has 27 heavy (non-hydrogen) atoms. The van der Waals surface area contributed by atoms with Crippen LogP contribution < -0.4 is 9.46 Å². The summed E-state index contributed by atoms with van der Waals surface area (Å²) in [5.74, 6) is 0.0407. The maximum absolute atomic E-state index is 12.5. The highest BCUT2D eigenvalue weighted by Crippen LogP contribution is 2.16. The Hall–Kier alpha value is -2.16. The molecule has 0 bridgehead atoms. The quantitative estimate of drug-likeness (QED) is 0.391. The van der Waals surface area contributed by atoms with E-state index in [0.717, 1.165) is 0 Å². The van der Waals surface area contributed by atoms with Crippen LogP contribution in [0.4, 0.5) is 0 Å². The molecule has 0 unspecified atom stereocenters. The van der Waals surface area contributed by atoms with Gasteiger partial charge in [0.25, 0.3) is 0 Å². The summed E-state index contributed by atoms with van der Waals surface area (Å²) >= 11 is 1.50. The van der Waals surface area contributed by atoms with E-state index in [9.17, 15) is 18.0 Å². The molecule has 1 N–H and O–H groups in total. The van der Waals surface area contributed by atoms with Gasteiger partial charge in [-0.05, 0) is 61.8 Å². The number of hydrogen-bond donors (Lipinski definition) is 1. The average molecular weight is 408 g/mol. The molecule has 0 aromatic heterocycles. The molecular weight excluding hydrogens is 386 g/mol. The summed E-state index contributed by atoms with van der Waals surface area (Å²) in [6.07, 6.45) is 2.16. The van der Waals surface area contributed by atoms with E-state index in [4.69, 9.17) is 4.74 Å². The summed E-state index contributed by atoms with van der Waals surface area (Å²) in [5.41, 5.74) is 0.499. The normalized spacial score (nSPS) is 12.4. The van der Waals surface area contributed by atoms with Gasteiger partial charge in [-0.1, -0.05) is 18.2 Å². The largest absolute Gasteiger partial charge is 0.425 e. The molecule has 1 atom stereocenters. The van der Waals surface area contributed by atoms with E-state index in [-0.39, 0.29) is 22.8 Å². The lowest BCUT2D eigenvalue weighted by molar-refractivity contribution is -0.136. The van der Waals surface area contributed by atoms with Crippen molar-refractivity contribution in [3.05, 3.63) is 60.2 Å². The Bertz CT molecular complexity index is 880. The van der Waals surface area contributed by atoms with E-state index >= 15 is 0 Å². The topological polar surface area (TPSA) is 89.5 Å². The van der Waals surface area contributed by atoms with Crippen molar-refractivity contribution in [3.63, 3.8) is 0 Å². The summed E-state index contributed by atoms with van der Waals surface area (Å²) in [6.45, 7) is 1.44. The zero-order valence-electron chi connectivity index (χ0n) is 15.0. The van der Waals surface area contributed by atoms with Crippen LogP contribution >= 0.6 is 11.8 Å². The second-order valence-electron chi connectivity index (χ2n) is 5.77. The summed E-state index contributed by atoms with van der Waals surface area (Å²) in [6, 6.07) is 12.9. The molecule has 0 spiro atoms. The van der Waals surface area contributed by atoms with E-state index in [1.165, 1.54) is 43.0 Å². The third-order valence-electron chi connectivity index (χ3n) is 3.73.